The Morgan fingerprint density at radius 2 is 2.00 bits per heavy atom. The van der Waals surface area contributed by atoms with Gasteiger partial charge in [-0.25, -0.2) is 0 Å². The van der Waals surface area contributed by atoms with Crippen molar-refractivity contribution in [1.29, 1.82) is 5.26 Å². The number of ether oxygens (including phenoxy) is 2. The molecule has 5 heteroatoms. The summed E-state index contributed by atoms with van der Waals surface area (Å²) in [4.78, 5) is 0. The molecule has 4 nitrogen and oxygen atoms in total. The Balaban J connectivity index is 1.84. The van der Waals surface area contributed by atoms with Crippen molar-refractivity contribution in [3.63, 3.8) is 0 Å². The average Bonchev–Trinajstić information content (AvgIpc) is 2.97. The third kappa shape index (κ3) is 2.70. The summed E-state index contributed by atoms with van der Waals surface area (Å²) >= 11 is 6.22. The van der Waals surface area contributed by atoms with Crippen LogP contribution in [0, 0.1) is 11.3 Å². The number of halogens is 1. The highest BCUT2D eigenvalue weighted by Gasteiger charge is 2.23. The van der Waals surface area contributed by atoms with Crippen molar-refractivity contribution in [1.82, 2.24) is 5.32 Å². The highest BCUT2D eigenvalue weighted by molar-refractivity contribution is 6.32. The largest absolute Gasteiger partial charge is 0.486 e. The molecule has 1 fully saturated rings. The first kappa shape index (κ1) is 13.5. The zero-order valence-corrected chi connectivity index (χ0v) is 11.9. The van der Waals surface area contributed by atoms with Crippen LogP contribution in [-0.4, -0.2) is 19.3 Å². The summed E-state index contributed by atoms with van der Waals surface area (Å²) in [6, 6.07) is 6.03. The number of nitrogens with one attached hydrogen (secondary N) is 1. The number of hydrogen-bond acceptors (Lipinski definition) is 4. The second kappa shape index (κ2) is 5.90. The van der Waals surface area contributed by atoms with E-state index in [0.29, 0.717) is 35.8 Å². The number of nitriles is 1. The molecule has 1 saturated carbocycles. The third-order valence-corrected chi connectivity index (χ3v) is 4.12. The normalized spacial score (nSPS) is 19.6. The van der Waals surface area contributed by atoms with Gasteiger partial charge in [0.2, 0.25) is 0 Å². The molecule has 1 aromatic carbocycles. The van der Waals surface area contributed by atoms with Gasteiger partial charge in [-0.3, -0.25) is 5.32 Å². The number of hydrogen-bond donors (Lipinski definition) is 1. The molecule has 20 heavy (non-hydrogen) atoms. The molecule has 106 valence electrons. The lowest BCUT2D eigenvalue weighted by Crippen LogP contribution is -2.30. The smallest absolute Gasteiger partial charge is 0.179 e. The first-order valence-electron chi connectivity index (χ1n) is 7.02. The van der Waals surface area contributed by atoms with Gasteiger partial charge in [-0.1, -0.05) is 24.4 Å². The Kier molecular flexibility index (Phi) is 4.00. The van der Waals surface area contributed by atoms with Gasteiger partial charge < -0.3 is 9.47 Å². The second-order valence-corrected chi connectivity index (χ2v) is 5.64. The molecule has 1 aliphatic heterocycles. The van der Waals surface area contributed by atoms with Crippen LogP contribution >= 0.6 is 11.6 Å². The van der Waals surface area contributed by atoms with Gasteiger partial charge >= 0.3 is 0 Å². The van der Waals surface area contributed by atoms with Crippen molar-refractivity contribution in [2.75, 3.05) is 13.2 Å². The van der Waals surface area contributed by atoms with Crippen LogP contribution in [0.3, 0.4) is 0 Å². The minimum absolute atomic E-state index is 0.355. The van der Waals surface area contributed by atoms with Gasteiger partial charge in [-0.05, 0) is 30.5 Å². The monoisotopic (exact) mass is 292 g/mol. The summed E-state index contributed by atoms with van der Waals surface area (Å²) in [6.07, 6.45) is 4.74. The van der Waals surface area contributed by atoms with Gasteiger partial charge in [0, 0.05) is 6.04 Å². The fraction of sp³-hybridized carbons (Fsp3) is 0.533. The molecule has 1 aliphatic carbocycles. The Labute approximate surface area is 123 Å². The fourth-order valence-electron chi connectivity index (χ4n) is 2.83. The van der Waals surface area contributed by atoms with E-state index in [4.69, 9.17) is 21.1 Å². The SMILES string of the molecule is N#CC(NC1CCCC1)c1cc(Cl)c2c(c1)OCCO2. The maximum atomic E-state index is 9.41. The predicted octanol–water partition coefficient (Wildman–Crippen LogP) is 3.21. The van der Waals surface area contributed by atoms with Gasteiger partial charge in [-0.2, -0.15) is 5.26 Å². The molecule has 0 spiro atoms. The highest BCUT2D eigenvalue weighted by atomic mass is 35.5. The maximum absolute atomic E-state index is 9.41. The van der Waals surface area contributed by atoms with Crippen molar-refractivity contribution in [3.8, 4) is 17.6 Å². The molecule has 1 unspecified atom stereocenters. The lowest BCUT2D eigenvalue weighted by atomic mass is 10.1. The quantitative estimate of drug-likeness (QED) is 0.929. The molecule has 0 saturated heterocycles. The van der Waals surface area contributed by atoms with Crippen molar-refractivity contribution in [2.24, 2.45) is 0 Å². The van der Waals surface area contributed by atoms with Crippen LogP contribution in [0.5, 0.6) is 11.5 Å². The first-order valence-corrected chi connectivity index (χ1v) is 7.40. The van der Waals surface area contributed by atoms with E-state index in [2.05, 4.69) is 11.4 Å². The van der Waals surface area contributed by atoms with Gasteiger partial charge in [0.15, 0.2) is 11.5 Å². The molecule has 1 atom stereocenters. The minimum Gasteiger partial charge on any atom is -0.486 e. The van der Waals surface area contributed by atoms with E-state index in [1.165, 1.54) is 12.8 Å². The van der Waals surface area contributed by atoms with Crippen LogP contribution in [0.2, 0.25) is 5.02 Å². The summed E-state index contributed by atoms with van der Waals surface area (Å²) in [5, 5.41) is 13.3. The van der Waals surface area contributed by atoms with Gasteiger partial charge in [0.05, 0.1) is 11.1 Å². The van der Waals surface area contributed by atoms with Gasteiger partial charge in [-0.15, -0.1) is 0 Å². The number of fused-ring (bicyclic) bond motifs is 1. The van der Waals surface area contributed by atoms with Crippen LogP contribution in [0.15, 0.2) is 12.1 Å². The van der Waals surface area contributed by atoms with E-state index in [9.17, 15) is 5.26 Å². The molecule has 0 radical (unpaired) electrons. The zero-order chi connectivity index (χ0) is 13.9. The summed E-state index contributed by atoms with van der Waals surface area (Å²) in [6.45, 7) is 1.02. The molecule has 2 aliphatic rings. The van der Waals surface area contributed by atoms with E-state index in [-0.39, 0.29) is 6.04 Å². The number of rotatable bonds is 3. The molecular weight excluding hydrogens is 276 g/mol. The van der Waals surface area contributed by atoms with Gasteiger partial charge in [0.25, 0.3) is 0 Å². The van der Waals surface area contributed by atoms with Crippen molar-refractivity contribution >= 4 is 11.6 Å². The Morgan fingerprint density at radius 1 is 1.25 bits per heavy atom. The molecule has 1 aromatic rings. The molecule has 1 heterocycles. The van der Waals surface area contributed by atoms with Crippen LogP contribution in [0.4, 0.5) is 0 Å². The fourth-order valence-corrected chi connectivity index (χ4v) is 3.11. The van der Waals surface area contributed by atoms with E-state index in [1.54, 1.807) is 6.07 Å². The molecule has 0 amide bonds. The molecule has 0 bridgehead atoms. The molecule has 3 rings (SSSR count). The topological polar surface area (TPSA) is 54.3 Å². The van der Waals surface area contributed by atoms with Crippen LogP contribution in [0.25, 0.3) is 0 Å². The Bertz CT molecular complexity index is 535. The van der Waals surface area contributed by atoms with Crippen LogP contribution in [-0.2, 0) is 0 Å². The summed E-state index contributed by atoms with van der Waals surface area (Å²) in [7, 11) is 0. The number of benzene rings is 1. The van der Waals surface area contributed by atoms with E-state index in [0.717, 1.165) is 18.4 Å². The summed E-state index contributed by atoms with van der Waals surface area (Å²) < 4.78 is 11.1. The zero-order valence-electron chi connectivity index (χ0n) is 11.2. The lowest BCUT2D eigenvalue weighted by Gasteiger charge is -2.22. The lowest BCUT2D eigenvalue weighted by molar-refractivity contribution is 0.171. The highest BCUT2D eigenvalue weighted by Crippen LogP contribution is 2.39. The second-order valence-electron chi connectivity index (χ2n) is 5.24. The molecular formula is C15H17ClN2O2. The van der Waals surface area contributed by atoms with Crippen LogP contribution in [0.1, 0.15) is 37.3 Å². The summed E-state index contributed by atoms with van der Waals surface area (Å²) in [5.41, 5.74) is 0.841. The standard InChI is InChI=1S/C15H17ClN2O2/c16-12-7-10(8-14-15(12)20-6-5-19-14)13(9-17)18-11-3-1-2-4-11/h7-8,11,13,18H,1-6H2. The number of nitrogens with zero attached hydrogens (tertiary/aromatic N) is 1. The van der Waals surface area contributed by atoms with Crippen LogP contribution < -0.4 is 14.8 Å². The Hall–Kier alpha value is -1.44. The van der Waals surface area contributed by atoms with E-state index >= 15 is 0 Å². The van der Waals surface area contributed by atoms with Crippen molar-refractivity contribution < 1.29 is 9.47 Å². The third-order valence-electron chi connectivity index (χ3n) is 3.84. The van der Waals surface area contributed by atoms with E-state index in [1.807, 2.05) is 6.07 Å². The predicted molar refractivity (Wildman–Crippen MR) is 76.2 cm³/mol. The first-order chi connectivity index (χ1) is 9.78. The Morgan fingerprint density at radius 3 is 2.75 bits per heavy atom. The van der Waals surface area contributed by atoms with Crippen molar-refractivity contribution in [2.45, 2.75) is 37.8 Å². The molecule has 0 aromatic heterocycles. The minimum atomic E-state index is -0.355. The van der Waals surface area contributed by atoms with E-state index < -0.39 is 0 Å². The summed E-state index contributed by atoms with van der Waals surface area (Å²) in [5.74, 6) is 1.21. The van der Waals surface area contributed by atoms with Crippen molar-refractivity contribution in [3.05, 3.63) is 22.7 Å². The average molecular weight is 293 g/mol. The maximum Gasteiger partial charge on any atom is 0.179 e. The molecule has 1 N–H and O–H groups in total. The van der Waals surface area contributed by atoms with Gasteiger partial charge in [0.1, 0.15) is 19.3 Å².